The van der Waals surface area contributed by atoms with Crippen molar-refractivity contribution in [1.82, 2.24) is 4.72 Å². The highest BCUT2D eigenvalue weighted by Crippen LogP contribution is 2.10. The van der Waals surface area contributed by atoms with Crippen LogP contribution in [0.25, 0.3) is 0 Å². The molecule has 0 saturated heterocycles. The van der Waals surface area contributed by atoms with Gasteiger partial charge in [-0.25, -0.2) is 17.5 Å². The lowest BCUT2D eigenvalue weighted by Crippen LogP contribution is -2.33. The number of rotatable bonds is 6. The van der Waals surface area contributed by atoms with Crippen LogP contribution in [-0.2, 0) is 16.4 Å². The van der Waals surface area contributed by atoms with E-state index in [1.165, 1.54) is 18.2 Å². The molecule has 0 heterocycles. The van der Waals surface area contributed by atoms with Crippen molar-refractivity contribution in [1.29, 1.82) is 0 Å². The normalized spacial score (nSPS) is 13.0. The van der Waals surface area contributed by atoms with Crippen LogP contribution in [0.3, 0.4) is 0 Å². The lowest BCUT2D eigenvalue weighted by Gasteiger charge is -2.12. The number of nitrogens with one attached hydrogen (secondary N) is 1. The number of benzene rings is 2. The van der Waals surface area contributed by atoms with E-state index < -0.39 is 21.9 Å². The lowest BCUT2D eigenvalue weighted by molar-refractivity contribution is 0.179. The summed E-state index contributed by atoms with van der Waals surface area (Å²) >= 11 is 0. The summed E-state index contributed by atoms with van der Waals surface area (Å²) in [6.45, 7) is -0.131. The van der Waals surface area contributed by atoms with Crippen LogP contribution in [0.15, 0.2) is 59.5 Å². The third-order valence-corrected chi connectivity index (χ3v) is 4.35. The van der Waals surface area contributed by atoms with Gasteiger partial charge in [0.2, 0.25) is 10.0 Å². The average molecular weight is 309 g/mol. The summed E-state index contributed by atoms with van der Waals surface area (Å²) in [5, 5.41) is 9.87. The molecule has 0 aliphatic carbocycles. The zero-order valence-corrected chi connectivity index (χ0v) is 12.1. The molecule has 0 amide bonds. The molecule has 6 heteroatoms. The number of halogens is 1. The summed E-state index contributed by atoms with van der Waals surface area (Å²) < 4.78 is 39.2. The quantitative estimate of drug-likeness (QED) is 0.853. The fraction of sp³-hybridized carbons (Fsp3) is 0.200. The minimum atomic E-state index is -3.82. The van der Waals surface area contributed by atoms with E-state index in [-0.39, 0.29) is 11.4 Å². The van der Waals surface area contributed by atoms with Crippen molar-refractivity contribution in [3.8, 4) is 0 Å². The zero-order chi connectivity index (χ0) is 15.3. The molecule has 2 aromatic rings. The first kappa shape index (κ1) is 15.6. The van der Waals surface area contributed by atoms with E-state index in [0.717, 1.165) is 11.6 Å². The molecule has 2 rings (SSSR count). The Hall–Kier alpha value is -1.76. The molecule has 0 fully saturated rings. The summed E-state index contributed by atoms with van der Waals surface area (Å²) in [6.07, 6.45) is -0.511. The minimum Gasteiger partial charge on any atom is -0.391 e. The zero-order valence-electron chi connectivity index (χ0n) is 11.2. The minimum absolute atomic E-state index is 0.131. The highest BCUT2D eigenvalue weighted by atomic mass is 32.2. The first-order chi connectivity index (χ1) is 9.97. The van der Waals surface area contributed by atoms with Crippen LogP contribution < -0.4 is 4.72 Å². The van der Waals surface area contributed by atoms with Gasteiger partial charge in [-0.3, -0.25) is 0 Å². The van der Waals surface area contributed by atoms with Crippen molar-refractivity contribution >= 4 is 10.0 Å². The van der Waals surface area contributed by atoms with Gasteiger partial charge in [-0.2, -0.15) is 0 Å². The van der Waals surface area contributed by atoms with E-state index in [1.54, 1.807) is 0 Å². The molecule has 4 nitrogen and oxygen atoms in total. The molecule has 0 aliphatic rings. The third kappa shape index (κ3) is 4.63. The Bertz CT molecular complexity index is 689. The predicted molar refractivity (Wildman–Crippen MR) is 77.7 cm³/mol. The van der Waals surface area contributed by atoms with Gasteiger partial charge in [0.1, 0.15) is 5.82 Å². The largest absolute Gasteiger partial charge is 0.391 e. The van der Waals surface area contributed by atoms with Gasteiger partial charge in [0.25, 0.3) is 0 Å². The summed E-state index contributed by atoms with van der Waals surface area (Å²) in [5.74, 6) is -0.622. The van der Waals surface area contributed by atoms with Gasteiger partial charge < -0.3 is 5.11 Å². The maximum Gasteiger partial charge on any atom is 0.240 e. The molecular formula is C15H16FNO3S. The molecule has 0 aliphatic heterocycles. The van der Waals surface area contributed by atoms with Crippen LogP contribution in [0.5, 0.6) is 0 Å². The van der Waals surface area contributed by atoms with E-state index in [2.05, 4.69) is 4.72 Å². The highest BCUT2D eigenvalue weighted by Gasteiger charge is 2.16. The van der Waals surface area contributed by atoms with Crippen LogP contribution in [-0.4, -0.2) is 26.2 Å². The molecular weight excluding hydrogens is 293 g/mol. The Kier molecular flexibility index (Phi) is 5.06. The molecule has 21 heavy (non-hydrogen) atoms. The van der Waals surface area contributed by atoms with Gasteiger partial charge in [-0.15, -0.1) is 0 Å². The van der Waals surface area contributed by atoms with Gasteiger partial charge in [-0.1, -0.05) is 36.4 Å². The summed E-state index contributed by atoms with van der Waals surface area (Å²) in [5.41, 5.74) is 0.912. The van der Waals surface area contributed by atoms with E-state index in [4.69, 9.17) is 0 Å². The summed E-state index contributed by atoms with van der Waals surface area (Å²) in [4.78, 5) is -0.158. The fourth-order valence-corrected chi connectivity index (χ4v) is 2.99. The van der Waals surface area contributed by atoms with Gasteiger partial charge in [-0.05, 0) is 30.2 Å². The number of hydrogen-bond donors (Lipinski definition) is 2. The number of hydrogen-bond acceptors (Lipinski definition) is 3. The van der Waals surface area contributed by atoms with Crippen LogP contribution in [0.2, 0.25) is 0 Å². The summed E-state index contributed by atoms with van der Waals surface area (Å²) in [7, 11) is -3.82. The van der Waals surface area contributed by atoms with Crippen LogP contribution in [0.1, 0.15) is 5.56 Å². The van der Waals surface area contributed by atoms with Crippen LogP contribution in [0, 0.1) is 5.82 Å². The van der Waals surface area contributed by atoms with Crippen molar-refractivity contribution in [2.75, 3.05) is 6.54 Å². The second-order valence-corrected chi connectivity index (χ2v) is 6.42. The Morgan fingerprint density at radius 3 is 2.48 bits per heavy atom. The molecule has 0 saturated carbocycles. The number of aliphatic hydroxyl groups is 1. The van der Waals surface area contributed by atoms with Gasteiger partial charge in [0.05, 0.1) is 11.0 Å². The molecule has 0 bridgehead atoms. The van der Waals surface area contributed by atoms with E-state index in [9.17, 15) is 17.9 Å². The van der Waals surface area contributed by atoms with E-state index in [0.29, 0.717) is 6.42 Å². The van der Waals surface area contributed by atoms with Crippen molar-refractivity contribution in [2.45, 2.75) is 17.4 Å². The second-order valence-electron chi connectivity index (χ2n) is 4.65. The Balaban J connectivity index is 1.95. The molecule has 2 N–H and O–H groups in total. The van der Waals surface area contributed by atoms with Crippen LogP contribution >= 0.6 is 0 Å². The fourth-order valence-electron chi connectivity index (χ4n) is 1.88. The molecule has 2 aromatic carbocycles. The van der Waals surface area contributed by atoms with E-state index in [1.807, 2.05) is 30.3 Å². The van der Waals surface area contributed by atoms with Crippen molar-refractivity contribution < 1.29 is 17.9 Å². The average Bonchev–Trinajstić information content (AvgIpc) is 2.46. The lowest BCUT2D eigenvalue weighted by atomic mass is 10.1. The standard InChI is InChI=1S/C15H16FNO3S/c16-13-7-4-8-15(10-13)21(19,20)17-11-14(18)9-12-5-2-1-3-6-12/h1-8,10,14,17-18H,9,11H2. The van der Waals surface area contributed by atoms with E-state index >= 15 is 0 Å². The number of sulfonamides is 1. The smallest absolute Gasteiger partial charge is 0.240 e. The third-order valence-electron chi connectivity index (χ3n) is 2.93. The number of aliphatic hydroxyl groups excluding tert-OH is 1. The Labute approximate surface area is 123 Å². The van der Waals surface area contributed by atoms with Gasteiger partial charge in [0.15, 0.2) is 0 Å². The Morgan fingerprint density at radius 1 is 1.10 bits per heavy atom. The topological polar surface area (TPSA) is 66.4 Å². The predicted octanol–water partition coefficient (Wildman–Crippen LogP) is 1.71. The SMILES string of the molecule is O=S(=O)(NCC(O)Cc1ccccc1)c1cccc(F)c1. The Morgan fingerprint density at radius 2 is 1.81 bits per heavy atom. The second kappa shape index (κ2) is 6.80. The van der Waals surface area contributed by atoms with Gasteiger partial charge >= 0.3 is 0 Å². The molecule has 0 radical (unpaired) electrons. The van der Waals surface area contributed by atoms with Crippen molar-refractivity contribution in [2.24, 2.45) is 0 Å². The van der Waals surface area contributed by atoms with Crippen molar-refractivity contribution in [3.63, 3.8) is 0 Å². The van der Waals surface area contributed by atoms with Gasteiger partial charge in [0, 0.05) is 6.54 Å². The highest BCUT2D eigenvalue weighted by molar-refractivity contribution is 7.89. The molecule has 112 valence electrons. The first-order valence-electron chi connectivity index (χ1n) is 6.44. The molecule has 0 spiro atoms. The maximum atomic E-state index is 13.0. The monoisotopic (exact) mass is 309 g/mol. The molecule has 1 unspecified atom stereocenters. The van der Waals surface area contributed by atoms with Crippen molar-refractivity contribution in [3.05, 3.63) is 66.0 Å². The maximum absolute atomic E-state index is 13.0. The molecule has 1 atom stereocenters. The van der Waals surface area contributed by atoms with Crippen LogP contribution in [0.4, 0.5) is 4.39 Å². The molecule has 0 aromatic heterocycles. The first-order valence-corrected chi connectivity index (χ1v) is 7.93. The summed E-state index contributed by atoms with van der Waals surface area (Å²) in [6, 6.07) is 14.0.